The van der Waals surface area contributed by atoms with Gasteiger partial charge in [0.2, 0.25) is 5.91 Å². The van der Waals surface area contributed by atoms with E-state index in [1.54, 1.807) is 11.8 Å². The first-order valence-corrected chi connectivity index (χ1v) is 10.5. The third kappa shape index (κ3) is 4.37. The van der Waals surface area contributed by atoms with Crippen molar-refractivity contribution in [2.24, 2.45) is 0 Å². The highest BCUT2D eigenvalue weighted by Crippen LogP contribution is 2.37. The number of benzene rings is 2. The molecule has 2 aliphatic rings. The maximum Gasteiger partial charge on any atom is 0.238 e. The van der Waals surface area contributed by atoms with Crippen molar-refractivity contribution in [2.75, 3.05) is 18.4 Å². The van der Waals surface area contributed by atoms with Gasteiger partial charge in [0.15, 0.2) is 0 Å². The second-order valence-electron chi connectivity index (χ2n) is 7.52. The molecule has 0 aromatic heterocycles. The van der Waals surface area contributed by atoms with Gasteiger partial charge in [0, 0.05) is 30.2 Å². The summed E-state index contributed by atoms with van der Waals surface area (Å²) in [5.74, 6) is 0.0902. The summed E-state index contributed by atoms with van der Waals surface area (Å²) in [6, 6.07) is 16.4. The van der Waals surface area contributed by atoms with Crippen LogP contribution in [0.4, 0.5) is 5.69 Å². The minimum absolute atomic E-state index is 0.0566. The average Bonchev–Trinajstić information content (AvgIpc) is 3.07. The summed E-state index contributed by atoms with van der Waals surface area (Å²) in [5.41, 5.74) is 3.35. The van der Waals surface area contributed by atoms with E-state index in [1.807, 2.05) is 30.3 Å². The second-order valence-corrected chi connectivity index (χ2v) is 8.76. The minimum Gasteiger partial charge on any atom is -0.373 e. The Morgan fingerprint density at radius 1 is 1.11 bits per heavy atom. The number of hydrogen-bond donors (Lipinski definition) is 1. The number of ether oxygens (including phenoxy) is 1. The van der Waals surface area contributed by atoms with Crippen LogP contribution in [-0.2, 0) is 22.5 Å². The molecule has 4 nitrogen and oxygen atoms in total. The number of carbonyl (C=O) groups is 1. The van der Waals surface area contributed by atoms with E-state index in [9.17, 15) is 4.79 Å². The van der Waals surface area contributed by atoms with Crippen LogP contribution in [0.25, 0.3) is 0 Å². The number of para-hydroxylation sites is 1. The predicted octanol–water partition coefficient (Wildman–Crippen LogP) is 3.95. The molecule has 27 heavy (non-hydrogen) atoms. The minimum atomic E-state index is -0.0566. The Hall–Kier alpha value is -1.82. The van der Waals surface area contributed by atoms with Gasteiger partial charge in [-0.25, -0.2) is 0 Å². The molecule has 1 N–H and O–H groups in total. The van der Waals surface area contributed by atoms with Gasteiger partial charge in [-0.1, -0.05) is 36.4 Å². The van der Waals surface area contributed by atoms with Gasteiger partial charge in [-0.05, 0) is 43.5 Å². The molecule has 3 unspecified atom stereocenters. The van der Waals surface area contributed by atoms with Crippen molar-refractivity contribution < 1.29 is 9.53 Å². The molecule has 5 heteroatoms. The van der Waals surface area contributed by atoms with Gasteiger partial charge < -0.3 is 10.1 Å². The number of carbonyl (C=O) groups excluding carboxylic acids is 1. The van der Waals surface area contributed by atoms with Gasteiger partial charge in [0.05, 0.1) is 17.5 Å². The first kappa shape index (κ1) is 18.5. The SMILES string of the molecule is CC1CN(Cc2ccccc2NC(=O)C2Cc3ccccc3S2)CC(C)O1. The fraction of sp³-hybridized carbons (Fsp3) is 0.409. The van der Waals surface area contributed by atoms with Crippen molar-refractivity contribution in [3.63, 3.8) is 0 Å². The predicted molar refractivity (Wildman–Crippen MR) is 110 cm³/mol. The van der Waals surface area contributed by atoms with Crippen molar-refractivity contribution in [3.8, 4) is 0 Å². The van der Waals surface area contributed by atoms with Crippen molar-refractivity contribution in [1.82, 2.24) is 4.90 Å². The van der Waals surface area contributed by atoms with Gasteiger partial charge in [-0.15, -0.1) is 11.8 Å². The topological polar surface area (TPSA) is 41.6 Å². The zero-order valence-corrected chi connectivity index (χ0v) is 16.7. The largest absolute Gasteiger partial charge is 0.373 e. The van der Waals surface area contributed by atoms with Crippen LogP contribution < -0.4 is 5.32 Å². The fourth-order valence-electron chi connectivity index (χ4n) is 3.98. The molecule has 0 spiro atoms. The Balaban J connectivity index is 1.43. The van der Waals surface area contributed by atoms with Gasteiger partial charge in [0.25, 0.3) is 0 Å². The Bertz CT molecular complexity index is 790. The molecule has 1 amide bonds. The van der Waals surface area contributed by atoms with Crippen molar-refractivity contribution >= 4 is 23.4 Å². The summed E-state index contributed by atoms with van der Waals surface area (Å²) in [5, 5.41) is 3.13. The van der Waals surface area contributed by atoms with Crippen LogP contribution in [0.5, 0.6) is 0 Å². The Labute approximate surface area is 165 Å². The van der Waals surface area contributed by atoms with E-state index in [1.165, 1.54) is 10.5 Å². The number of thioether (sulfide) groups is 1. The van der Waals surface area contributed by atoms with Crippen molar-refractivity contribution in [1.29, 1.82) is 0 Å². The summed E-state index contributed by atoms with van der Waals surface area (Å²) < 4.78 is 5.83. The molecular weight excluding hydrogens is 356 g/mol. The van der Waals surface area contributed by atoms with Crippen molar-refractivity contribution in [3.05, 3.63) is 59.7 Å². The molecule has 0 aliphatic carbocycles. The number of hydrogen-bond acceptors (Lipinski definition) is 4. The highest BCUT2D eigenvalue weighted by molar-refractivity contribution is 8.01. The smallest absolute Gasteiger partial charge is 0.238 e. The zero-order valence-electron chi connectivity index (χ0n) is 15.9. The van der Waals surface area contributed by atoms with Gasteiger partial charge in [0.1, 0.15) is 0 Å². The van der Waals surface area contributed by atoms with Crippen LogP contribution in [0.2, 0.25) is 0 Å². The van der Waals surface area contributed by atoms with Crippen LogP contribution in [0.3, 0.4) is 0 Å². The van der Waals surface area contributed by atoms with E-state index in [2.05, 4.69) is 42.3 Å². The van der Waals surface area contributed by atoms with Crippen LogP contribution in [0.1, 0.15) is 25.0 Å². The number of anilines is 1. The number of rotatable bonds is 4. The lowest BCUT2D eigenvalue weighted by molar-refractivity contribution is -0.115. The summed E-state index contributed by atoms with van der Waals surface area (Å²) in [4.78, 5) is 16.5. The molecule has 1 fully saturated rings. The standard InChI is InChI=1S/C22H26N2O2S/c1-15-12-24(13-16(2)26-15)14-18-8-3-5-9-19(18)23-22(25)21-11-17-7-4-6-10-20(17)27-21/h3-10,15-16,21H,11-14H2,1-2H3,(H,23,25). The second kappa shape index (κ2) is 8.05. The van der Waals surface area contributed by atoms with Crippen LogP contribution >= 0.6 is 11.8 Å². The number of nitrogens with zero attached hydrogens (tertiary/aromatic N) is 1. The zero-order chi connectivity index (χ0) is 18.8. The first-order valence-electron chi connectivity index (χ1n) is 9.59. The normalized spacial score (nSPS) is 25.2. The first-order chi connectivity index (χ1) is 13.1. The molecule has 1 saturated heterocycles. The van der Waals surface area contributed by atoms with Crippen LogP contribution in [0.15, 0.2) is 53.4 Å². The van der Waals surface area contributed by atoms with Gasteiger partial charge in [-0.3, -0.25) is 9.69 Å². The average molecular weight is 383 g/mol. The maximum atomic E-state index is 12.9. The van der Waals surface area contributed by atoms with E-state index in [-0.39, 0.29) is 23.4 Å². The number of fused-ring (bicyclic) bond motifs is 1. The lowest BCUT2D eigenvalue weighted by Gasteiger charge is -2.35. The number of morpholine rings is 1. The third-order valence-corrected chi connectivity index (χ3v) is 6.42. The third-order valence-electron chi connectivity index (χ3n) is 5.10. The summed E-state index contributed by atoms with van der Waals surface area (Å²) in [7, 11) is 0. The molecule has 2 heterocycles. The molecular formula is C22H26N2O2S. The Morgan fingerprint density at radius 2 is 1.81 bits per heavy atom. The maximum absolute atomic E-state index is 12.9. The van der Waals surface area contributed by atoms with E-state index >= 15 is 0 Å². The van der Waals surface area contributed by atoms with Crippen LogP contribution in [-0.4, -0.2) is 41.4 Å². The van der Waals surface area contributed by atoms with Gasteiger partial charge in [-0.2, -0.15) is 0 Å². The van der Waals surface area contributed by atoms with Gasteiger partial charge >= 0.3 is 0 Å². The fourth-order valence-corrected chi connectivity index (χ4v) is 5.17. The highest BCUT2D eigenvalue weighted by atomic mass is 32.2. The molecule has 0 saturated carbocycles. The quantitative estimate of drug-likeness (QED) is 0.869. The van der Waals surface area contributed by atoms with E-state index < -0.39 is 0 Å². The number of amides is 1. The van der Waals surface area contributed by atoms with E-state index in [4.69, 9.17) is 4.74 Å². The summed E-state index contributed by atoms with van der Waals surface area (Å²) in [6.07, 6.45) is 1.28. The summed E-state index contributed by atoms with van der Waals surface area (Å²) in [6.45, 7) is 6.89. The lowest BCUT2D eigenvalue weighted by atomic mass is 10.1. The molecule has 2 aliphatic heterocycles. The van der Waals surface area contributed by atoms with Crippen LogP contribution in [0, 0.1) is 0 Å². The number of nitrogens with one attached hydrogen (secondary N) is 1. The molecule has 2 aromatic carbocycles. The lowest BCUT2D eigenvalue weighted by Crippen LogP contribution is -2.44. The van der Waals surface area contributed by atoms with E-state index in [0.29, 0.717) is 0 Å². The molecule has 3 atom stereocenters. The summed E-state index contributed by atoms with van der Waals surface area (Å²) >= 11 is 1.67. The monoisotopic (exact) mass is 382 g/mol. The van der Waals surface area contributed by atoms with Crippen molar-refractivity contribution in [2.45, 2.75) is 49.2 Å². The molecule has 0 bridgehead atoms. The molecule has 0 radical (unpaired) electrons. The molecule has 2 aromatic rings. The Kier molecular flexibility index (Phi) is 5.53. The molecule has 4 rings (SSSR count). The highest BCUT2D eigenvalue weighted by Gasteiger charge is 2.28. The molecule has 142 valence electrons. The Morgan fingerprint density at radius 3 is 2.59 bits per heavy atom. The van der Waals surface area contributed by atoms with E-state index in [0.717, 1.165) is 37.3 Å².